The maximum atomic E-state index is 12.6. The zero-order valence-corrected chi connectivity index (χ0v) is 14.9. The van der Waals surface area contributed by atoms with Gasteiger partial charge in [-0.2, -0.15) is 5.10 Å². The van der Waals surface area contributed by atoms with E-state index in [1.807, 2.05) is 40.8 Å². The molecule has 1 aromatic heterocycles. The molecule has 1 aromatic carbocycles. The molecule has 1 atom stereocenters. The maximum absolute atomic E-state index is 12.6. The Bertz CT molecular complexity index is 817. The van der Waals surface area contributed by atoms with Gasteiger partial charge in [0.05, 0.1) is 30.6 Å². The van der Waals surface area contributed by atoms with Gasteiger partial charge in [-0.1, -0.05) is 13.0 Å². The Balaban J connectivity index is 1.36. The minimum atomic E-state index is -0.539. The fourth-order valence-electron chi connectivity index (χ4n) is 3.38. The molecule has 0 saturated heterocycles. The second kappa shape index (κ2) is 6.99. The lowest BCUT2D eigenvalue weighted by atomic mass is 10.1. The van der Waals surface area contributed by atoms with E-state index in [-0.39, 0.29) is 12.7 Å². The number of hydrogen-bond donors (Lipinski definition) is 1. The van der Waals surface area contributed by atoms with Crippen LogP contribution in [0.15, 0.2) is 24.3 Å². The average Bonchev–Trinajstić information content (AvgIpc) is 3.30. The number of aromatic nitrogens is 2. The van der Waals surface area contributed by atoms with Crippen LogP contribution in [-0.2, 0) is 24.3 Å². The van der Waals surface area contributed by atoms with Gasteiger partial charge in [-0.15, -0.1) is 0 Å². The summed E-state index contributed by atoms with van der Waals surface area (Å²) in [7, 11) is 0. The maximum Gasteiger partial charge on any atom is 0.231 e. The van der Waals surface area contributed by atoms with Crippen LogP contribution in [0.1, 0.15) is 42.8 Å². The van der Waals surface area contributed by atoms with Crippen LogP contribution in [0.2, 0.25) is 0 Å². The molecule has 0 bridgehead atoms. The fourth-order valence-corrected chi connectivity index (χ4v) is 3.38. The van der Waals surface area contributed by atoms with Gasteiger partial charge in [-0.25, -0.2) is 0 Å². The highest BCUT2D eigenvalue weighted by atomic mass is 16.7. The second-order valence-corrected chi connectivity index (χ2v) is 6.71. The van der Waals surface area contributed by atoms with Crippen molar-refractivity contribution < 1.29 is 19.4 Å². The summed E-state index contributed by atoms with van der Waals surface area (Å²) in [6.07, 6.45) is 1.22. The van der Waals surface area contributed by atoms with Crippen molar-refractivity contribution in [3.05, 3.63) is 41.2 Å². The highest BCUT2D eigenvalue weighted by Crippen LogP contribution is 2.32. The molecule has 26 heavy (non-hydrogen) atoms. The van der Waals surface area contributed by atoms with Crippen molar-refractivity contribution in [3.8, 4) is 11.5 Å². The Labute approximate surface area is 152 Å². The smallest absolute Gasteiger partial charge is 0.231 e. The quantitative estimate of drug-likeness (QED) is 0.886. The SMILES string of the molecule is CC[C@H](O)c1cc2n(n1)CCN(C(=O)CCc1ccc3c(c1)OCO3)C2. The predicted octanol–water partition coefficient (Wildman–Crippen LogP) is 2.03. The van der Waals surface area contributed by atoms with E-state index in [9.17, 15) is 9.90 Å². The summed E-state index contributed by atoms with van der Waals surface area (Å²) in [4.78, 5) is 14.5. The Hall–Kier alpha value is -2.54. The van der Waals surface area contributed by atoms with E-state index >= 15 is 0 Å². The summed E-state index contributed by atoms with van der Waals surface area (Å²) in [5.41, 5.74) is 2.74. The van der Waals surface area contributed by atoms with Crippen molar-refractivity contribution in [1.82, 2.24) is 14.7 Å². The highest BCUT2D eigenvalue weighted by Gasteiger charge is 2.23. The monoisotopic (exact) mass is 357 g/mol. The van der Waals surface area contributed by atoms with Gasteiger partial charge in [0.1, 0.15) is 0 Å². The largest absolute Gasteiger partial charge is 0.454 e. The van der Waals surface area contributed by atoms with Gasteiger partial charge in [0.15, 0.2) is 11.5 Å². The first-order valence-corrected chi connectivity index (χ1v) is 9.05. The first kappa shape index (κ1) is 16.9. The lowest BCUT2D eigenvalue weighted by Crippen LogP contribution is -2.38. The molecule has 138 valence electrons. The second-order valence-electron chi connectivity index (χ2n) is 6.71. The van der Waals surface area contributed by atoms with Crippen LogP contribution in [0, 0.1) is 0 Å². The van der Waals surface area contributed by atoms with Crippen LogP contribution in [0.25, 0.3) is 0 Å². The standard InChI is InChI=1S/C19H23N3O4/c1-2-16(23)15-10-14-11-21(7-8-22(14)20-15)19(24)6-4-13-3-5-17-18(9-13)26-12-25-17/h3,5,9-10,16,23H,2,4,6-8,11-12H2,1H3/t16-/m0/s1. The number of rotatable bonds is 5. The number of benzene rings is 1. The minimum absolute atomic E-state index is 0.132. The highest BCUT2D eigenvalue weighted by molar-refractivity contribution is 5.76. The fraction of sp³-hybridized carbons (Fsp3) is 0.474. The van der Waals surface area contributed by atoms with Crippen LogP contribution in [-0.4, -0.2) is 39.0 Å². The number of aliphatic hydroxyl groups is 1. The molecule has 0 spiro atoms. The van der Waals surface area contributed by atoms with Crippen LogP contribution in [0.4, 0.5) is 0 Å². The molecule has 1 amide bonds. The van der Waals surface area contributed by atoms with Crippen LogP contribution < -0.4 is 9.47 Å². The topological polar surface area (TPSA) is 76.8 Å². The van der Waals surface area contributed by atoms with Crippen molar-refractivity contribution in [1.29, 1.82) is 0 Å². The van der Waals surface area contributed by atoms with Crippen LogP contribution >= 0.6 is 0 Å². The first-order chi connectivity index (χ1) is 12.6. The Morgan fingerprint density at radius 1 is 1.27 bits per heavy atom. The van der Waals surface area contributed by atoms with Crippen molar-refractivity contribution >= 4 is 5.91 Å². The van der Waals surface area contributed by atoms with E-state index in [1.165, 1.54) is 0 Å². The van der Waals surface area contributed by atoms with Gasteiger partial charge in [0.2, 0.25) is 12.7 Å². The zero-order chi connectivity index (χ0) is 18.1. The first-order valence-electron chi connectivity index (χ1n) is 9.05. The lowest BCUT2D eigenvalue weighted by Gasteiger charge is -2.27. The van der Waals surface area contributed by atoms with Crippen LogP contribution in [0.5, 0.6) is 11.5 Å². The van der Waals surface area contributed by atoms with Crippen molar-refractivity contribution in [3.63, 3.8) is 0 Å². The van der Waals surface area contributed by atoms with E-state index in [1.54, 1.807) is 0 Å². The molecule has 7 nitrogen and oxygen atoms in total. The summed E-state index contributed by atoms with van der Waals surface area (Å²) < 4.78 is 12.6. The molecule has 0 aliphatic carbocycles. The number of amides is 1. The molecular formula is C19H23N3O4. The van der Waals surface area contributed by atoms with E-state index in [0.29, 0.717) is 44.6 Å². The molecule has 0 radical (unpaired) electrons. The van der Waals surface area contributed by atoms with Gasteiger partial charge in [0.25, 0.3) is 0 Å². The lowest BCUT2D eigenvalue weighted by molar-refractivity contribution is -0.132. The molecule has 4 rings (SSSR count). The predicted molar refractivity (Wildman–Crippen MR) is 93.8 cm³/mol. The third kappa shape index (κ3) is 3.26. The Kier molecular flexibility index (Phi) is 4.55. The summed E-state index contributed by atoms with van der Waals surface area (Å²) in [5.74, 6) is 1.64. The number of aliphatic hydroxyl groups excluding tert-OH is 1. The molecule has 2 aliphatic heterocycles. The van der Waals surface area contributed by atoms with Crippen molar-refractivity contribution in [2.75, 3.05) is 13.3 Å². The molecule has 2 aliphatic rings. The van der Waals surface area contributed by atoms with Gasteiger partial charge in [-0.05, 0) is 36.6 Å². The van der Waals surface area contributed by atoms with E-state index in [0.717, 1.165) is 22.8 Å². The minimum Gasteiger partial charge on any atom is -0.454 e. The van der Waals surface area contributed by atoms with Crippen molar-refractivity contribution in [2.45, 2.75) is 45.4 Å². The van der Waals surface area contributed by atoms with Gasteiger partial charge in [-0.3, -0.25) is 9.48 Å². The Morgan fingerprint density at radius 3 is 2.96 bits per heavy atom. The molecule has 1 N–H and O–H groups in total. The number of ether oxygens (including phenoxy) is 2. The number of carbonyl (C=O) groups excluding carboxylic acids is 1. The molecule has 0 unspecified atom stereocenters. The summed E-state index contributed by atoms with van der Waals surface area (Å²) >= 11 is 0. The van der Waals surface area contributed by atoms with E-state index < -0.39 is 6.10 Å². The molecule has 0 fully saturated rings. The van der Waals surface area contributed by atoms with Gasteiger partial charge < -0.3 is 19.5 Å². The van der Waals surface area contributed by atoms with Crippen molar-refractivity contribution in [2.24, 2.45) is 0 Å². The average molecular weight is 357 g/mol. The number of hydrogen-bond acceptors (Lipinski definition) is 5. The molecular weight excluding hydrogens is 334 g/mol. The van der Waals surface area contributed by atoms with Gasteiger partial charge >= 0.3 is 0 Å². The summed E-state index contributed by atoms with van der Waals surface area (Å²) in [5, 5.41) is 14.4. The molecule has 2 aromatic rings. The van der Waals surface area contributed by atoms with Crippen LogP contribution in [0.3, 0.4) is 0 Å². The number of nitrogens with zero attached hydrogens (tertiary/aromatic N) is 3. The normalized spacial score (nSPS) is 16.5. The molecule has 7 heteroatoms. The molecule has 0 saturated carbocycles. The third-order valence-corrected chi connectivity index (χ3v) is 4.96. The number of fused-ring (bicyclic) bond motifs is 2. The number of carbonyl (C=O) groups is 1. The molecule has 3 heterocycles. The summed E-state index contributed by atoms with van der Waals surface area (Å²) in [6.45, 7) is 4.05. The zero-order valence-electron chi connectivity index (χ0n) is 14.9. The number of aryl methyl sites for hydroxylation is 1. The van der Waals surface area contributed by atoms with E-state index in [4.69, 9.17) is 9.47 Å². The van der Waals surface area contributed by atoms with E-state index in [2.05, 4.69) is 5.10 Å². The summed E-state index contributed by atoms with van der Waals surface area (Å²) in [6, 6.07) is 7.72. The third-order valence-electron chi connectivity index (χ3n) is 4.96. The Morgan fingerprint density at radius 2 is 2.12 bits per heavy atom. The van der Waals surface area contributed by atoms with Gasteiger partial charge in [0, 0.05) is 13.0 Å².